The third-order valence-corrected chi connectivity index (χ3v) is 3.02. The summed E-state index contributed by atoms with van der Waals surface area (Å²) in [6.45, 7) is 0. The van der Waals surface area contributed by atoms with E-state index in [0.717, 1.165) is 10.0 Å². The molecule has 2 aromatic rings. The highest BCUT2D eigenvalue weighted by molar-refractivity contribution is 9.10. The van der Waals surface area contributed by atoms with Crippen LogP contribution in [0, 0.1) is 0 Å². The smallest absolute Gasteiger partial charge is 0.248 e. The summed E-state index contributed by atoms with van der Waals surface area (Å²) in [6.07, 6.45) is 0.569. The minimum absolute atomic E-state index is 0.462. The van der Waals surface area contributed by atoms with E-state index < -0.39 is 0 Å². The number of hydrogen-bond donors (Lipinski definition) is 0. The lowest BCUT2D eigenvalue weighted by molar-refractivity contribution is 0.513. The molecule has 0 amide bonds. The first-order chi connectivity index (χ1) is 7.70. The highest BCUT2D eigenvalue weighted by atomic mass is 79.9. The zero-order chi connectivity index (χ0) is 11.5. The number of halogens is 3. The van der Waals surface area contributed by atoms with Crippen LogP contribution in [0.5, 0.6) is 0 Å². The molecule has 6 heteroatoms. The van der Waals surface area contributed by atoms with Gasteiger partial charge in [0.2, 0.25) is 11.8 Å². The van der Waals surface area contributed by atoms with E-state index in [0.29, 0.717) is 29.1 Å². The SMILES string of the molecule is ClCCc1nnc(-c2ccc(Cl)cc2Br)o1. The summed E-state index contributed by atoms with van der Waals surface area (Å²) in [5.41, 5.74) is 0.817. The van der Waals surface area contributed by atoms with Gasteiger partial charge in [0.1, 0.15) is 0 Å². The second-order valence-corrected chi connectivity index (χ2v) is 4.73. The summed E-state index contributed by atoms with van der Waals surface area (Å²) in [6, 6.07) is 5.37. The molecule has 0 spiro atoms. The van der Waals surface area contributed by atoms with Crippen LogP contribution in [0.4, 0.5) is 0 Å². The van der Waals surface area contributed by atoms with Gasteiger partial charge >= 0.3 is 0 Å². The molecule has 0 saturated carbocycles. The molecule has 16 heavy (non-hydrogen) atoms. The molecule has 1 aromatic heterocycles. The Morgan fingerprint density at radius 3 is 2.81 bits per heavy atom. The average molecular weight is 322 g/mol. The third kappa shape index (κ3) is 2.56. The van der Waals surface area contributed by atoms with Crippen molar-refractivity contribution in [3.05, 3.63) is 33.6 Å². The zero-order valence-electron chi connectivity index (χ0n) is 8.08. The summed E-state index contributed by atoms with van der Waals surface area (Å²) in [7, 11) is 0. The van der Waals surface area contributed by atoms with Gasteiger partial charge in [-0.05, 0) is 34.1 Å². The number of rotatable bonds is 3. The molecule has 0 unspecified atom stereocenters. The molecule has 3 nitrogen and oxygen atoms in total. The van der Waals surface area contributed by atoms with E-state index in [1.807, 2.05) is 6.07 Å². The van der Waals surface area contributed by atoms with Crippen LogP contribution in [-0.4, -0.2) is 16.1 Å². The van der Waals surface area contributed by atoms with Gasteiger partial charge in [0.05, 0.1) is 5.56 Å². The van der Waals surface area contributed by atoms with E-state index in [-0.39, 0.29) is 0 Å². The zero-order valence-corrected chi connectivity index (χ0v) is 11.2. The van der Waals surface area contributed by atoms with Crippen LogP contribution in [0.25, 0.3) is 11.5 Å². The molecule has 0 saturated heterocycles. The number of aryl methyl sites for hydroxylation is 1. The summed E-state index contributed by atoms with van der Waals surface area (Å²) < 4.78 is 6.27. The molecule has 84 valence electrons. The lowest BCUT2D eigenvalue weighted by atomic mass is 10.2. The number of alkyl halides is 1. The minimum Gasteiger partial charge on any atom is -0.421 e. The molecule has 1 heterocycles. The number of benzene rings is 1. The maximum Gasteiger partial charge on any atom is 0.248 e. The Hall–Kier alpha value is -0.580. The molecular formula is C10H7BrCl2N2O. The first-order valence-corrected chi connectivity index (χ1v) is 6.25. The van der Waals surface area contributed by atoms with Gasteiger partial charge in [-0.25, -0.2) is 0 Å². The van der Waals surface area contributed by atoms with E-state index in [1.165, 1.54) is 0 Å². The van der Waals surface area contributed by atoms with Crippen LogP contribution in [0.3, 0.4) is 0 Å². The normalized spacial score (nSPS) is 10.7. The van der Waals surface area contributed by atoms with E-state index >= 15 is 0 Å². The maximum atomic E-state index is 5.85. The summed E-state index contributed by atoms with van der Waals surface area (Å²) in [4.78, 5) is 0. The summed E-state index contributed by atoms with van der Waals surface area (Å²) in [5, 5.41) is 8.49. The highest BCUT2D eigenvalue weighted by Crippen LogP contribution is 2.29. The topological polar surface area (TPSA) is 38.9 Å². The molecule has 0 fully saturated rings. The van der Waals surface area contributed by atoms with Crippen LogP contribution in [-0.2, 0) is 6.42 Å². The first-order valence-electron chi connectivity index (χ1n) is 4.54. The predicted octanol–water partition coefficient (Wildman–Crippen LogP) is 3.93. The van der Waals surface area contributed by atoms with Crippen molar-refractivity contribution in [2.45, 2.75) is 6.42 Å². The molecule has 0 radical (unpaired) electrons. The standard InChI is InChI=1S/C10H7BrCl2N2O/c11-8-5-6(13)1-2-7(8)10-15-14-9(16-10)3-4-12/h1-2,5H,3-4H2. The largest absolute Gasteiger partial charge is 0.421 e. The lowest BCUT2D eigenvalue weighted by Gasteiger charge is -1.99. The van der Waals surface area contributed by atoms with E-state index in [9.17, 15) is 0 Å². The first kappa shape index (κ1) is 11.9. The van der Waals surface area contributed by atoms with Gasteiger partial charge < -0.3 is 4.42 Å². The molecule has 1 aromatic carbocycles. The fourth-order valence-corrected chi connectivity index (χ4v) is 2.22. The Labute approximate surface area is 111 Å². The van der Waals surface area contributed by atoms with Crippen LogP contribution < -0.4 is 0 Å². The van der Waals surface area contributed by atoms with Crippen molar-refractivity contribution in [1.29, 1.82) is 0 Å². The molecule has 0 aliphatic heterocycles. The van der Waals surface area contributed by atoms with Crippen molar-refractivity contribution in [2.24, 2.45) is 0 Å². The second kappa shape index (κ2) is 5.17. The average Bonchev–Trinajstić information content (AvgIpc) is 2.67. The molecular weight excluding hydrogens is 315 g/mol. The van der Waals surface area contributed by atoms with Gasteiger partial charge in [-0.1, -0.05) is 11.6 Å². The minimum atomic E-state index is 0.462. The highest BCUT2D eigenvalue weighted by Gasteiger charge is 2.11. The van der Waals surface area contributed by atoms with E-state index in [2.05, 4.69) is 26.1 Å². The second-order valence-electron chi connectivity index (χ2n) is 3.06. The summed E-state index contributed by atoms with van der Waals surface area (Å²) >= 11 is 14.8. The predicted molar refractivity (Wildman–Crippen MR) is 66.9 cm³/mol. The van der Waals surface area contributed by atoms with Crippen LogP contribution in [0.15, 0.2) is 27.1 Å². The van der Waals surface area contributed by atoms with Gasteiger partial charge in [-0.2, -0.15) is 0 Å². The fraction of sp³-hybridized carbons (Fsp3) is 0.200. The van der Waals surface area contributed by atoms with E-state index in [1.54, 1.807) is 12.1 Å². The third-order valence-electron chi connectivity index (χ3n) is 1.94. The molecule has 0 aliphatic carbocycles. The lowest BCUT2D eigenvalue weighted by Crippen LogP contribution is -1.84. The van der Waals surface area contributed by atoms with Gasteiger partial charge in [0, 0.05) is 21.8 Å². The Morgan fingerprint density at radius 2 is 2.12 bits per heavy atom. The van der Waals surface area contributed by atoms with Crippen molar-refractivity contribution >= 4 is 39.1 Å². The van der Waals surface area contributed by atoms with Crippen molar-refractivity contribution in [2.75, 3.05) is 5.88 Å². The molecule has 0 atom stereocenters. The Kier molecular flexibility index (Phi) is 3.84. The quantitative estimate of drug-likeness (QED) is 0.804. The van der Waals surface area contributed by atoms with E-state index in [4.69, 9.17) is 27.6 Å². The Balaban J connectivity index is 2.35. The molecule has 2 rings (SSSR count). The van der Waals surface area contributed by atoms with Crippen LogP contribution >= 0.6 is 39.1 Å². The maximum absolute atomic E-state index is 5.85. The Bertz CT molecular complexity index is 501. The van der Waals surface area contributed by atoms with Crippen LogP contribution in [0.1, 0.15) is 5.89 Å². The van der Waals surface area contributed by atoms with Crippen molar-refractivity contribution in [1.82, 2.24) is 10.2 Å². The van der Waals surface area contributed by atoms with Crippen molar-refractivity contribution in [3.8, 4) is 11.5 Å². The monoisotopic (exact) mass is 320 g/mol. The van der Waals surface area contributed by atoms with Gasteiger partial charge in [0.25, 0.3) is 0 Å². The van der Waals surface area contributed by atoms with Crippen LogP contribution in [0.2, 0.25) is 5.02 Å². The van der Waals surface area contributed by atoms with Crippen molar-refractivity contribution in [3.63, 3.8) is 0 Å². The van der Waals surface area contributed by atoms with Gasteiger partial charge in [-0.3, -0.25) is 0 Å². The number of nitrogens with zero attached hydrogens (tertiary/aromatic N) is 2. The summed E-state index contributed by atoms with van der Waals surface area (Å²) in [5.74, 6) is 1.46. The number of aromatic nitrogens is 2. The van der Waals surface area contributed by atoms with Gasteiger partial charge in [0.15, 0.2) is 0 Å². The van der Waals surface area contributed by atoms with Crippen molar-refractivity contribution < 1.29 is 4.42 Å². The Morgan fingerprint density at radius 1 is 1.31 bits per heavy atom. The molecule has 0 aliphatic rings. The number of hydrogen-bond acceptors (Lipinski definition) is 3. The fourth-order valence-electron chi connectivity index (χ4n) is 1.21. The molecule has 0 bridgehead atoms. The molecule has 0 N–H and O–H groups in total. The van der Waals surface area contributed by atoms with Gasteiger partial charge in [-0.15, -0.1) is 21.8 Å².